The first-order valence-corrected chi connectivity index (χ1v) is 17.7. The molecule has 54 heavy (non-hydrogen) atoms. The van der Waals surface area contributed by atoms with Crippen molar-refractivity contribution in [3.63, 3.8) is 0 Å². The maximum absolute atomic E-state index is 12.1. The number of aliphatic hydroxyl groups excluding tert-OH is 1. The van der Waals surface area contributed by atoms with Gasteiger partial charge in [0.25, 0.3) is 0 Å². The molecule has 2 unspecified atom stereocenters. The molecule has 1 saturated heterocycles. The smallest absolute Gasteiger partial charge is 0.657 e. The quantitative estimate of drug-likeness (QED) is 0.100. The minimum atomic E-state index is -1.14. The van der Waals surface area contributed by atoms with E-state index < -0.39 is 29.9 Å². The largest absolute Gasteiger partial charge is 1.00 e. The van der Waals surface area contributed by atoms with E-state index in [0.717, 1.165) is 38.0 Å². The number of carbonyl (C=O) groups is 5. The van der Waals surface area contributed by atoms with E-state index in [2.05, 4.69) is 55.9 Å². The summed E-state index contributed by atoms with van der Waals surface area (Å²) in [6.45, 7) is 20.9. The average Bonchev–Trinajstić information content (AvgIpc) is 3.51. The molecule has 308 valence electrons. The predicted octanol–water partition coefficient (Wildman–Crippen LogP) is 1.27. The number of likely N-dealkylation sites (tertiary alicyclic amines) is 1. The van der Waals surface area contributed by atoms with Gasteiger partial charge in [-0.25, -0.2) is 6.29 Å². The second-order valence-corrected chi connectivity index (χ2v) is 12.8. The fraction of sp³-hybridized carbons (Fsp3) is 0.684. The van der Waals surface area contributed by atoms with Crippen LogP contribution in [-0.2, 0) is 35.2 Å². The number of likely N-dealkylation sites (N-methyl/N-ethyl adjacent to an activating group) is 2. The molecule has 6 N–H and O–H groups in total. The number of phenolic OH excluding ortho intramolecular Hbond substituents is 1. The fourth-order valence-corrected chi connectivity index (χ4v) is 3.51. The van der Waals surface area contributed by atoms with Gasteiger partial charge in [0.05, 0.1) is 6.54 Å². The third kappa shape index (κ3) is 46.3. The molecule has 1 aliphatic rings. The normalized spacial score (nSPS) is 12.7. The molecule has 3 amide bonds. The van der Waals surface area contributed by atoms with E-state index >= 15 is 0 Å². The second kappa shape index (κ2) is 45.6. The zero-order chi connectivity index (χ0) is 41.7. The molecule has 0 saturated carbocycles. The van der Waals surface area contributed by atoms with E-state index in [-0.39, 0.29) is 104 Å². The Hall–Kier alpha value is -1.83. The van der Waals surface area contributed by atoms with Crippen molar-refractivity contribution in [1.29, 1.82) is 0 Å². The monoisotopic (exact) mass is 1000 g/mol. The Labute approximate surface area is 372 Å². The number of aromatic hydroxyl groups is 1. The zero-order valence-corrected chi connectivity index (χ0v) is 41.8. The summed E-state index contributed by atoms with van der Waals surface area (Å²) in [5.41, 5.74) is 0.335. The Morgan fingerprint density at radius 1 is 1.02 bits per heavy atom. The number of amides is 3. The molecule has 1 heterocycles. The molecule has 2 atom stereocenters. The van der Waals surface area contributed by atoms with Crippen LogP contribution in [0.3, 0.4) is 0 Å². The van der Waals surface area contributed by atoms with Gasteiger partial charge in [0, 0.05) is 44.6 Å². The van der Waals surface area contributed by atoms with Crippen molar-refractivity contribution in [2.24, 2.45) is 11.3 Å². The molecule has 1 aromatic carbocycles. The summed E-state index contributed by atoms with van der Waals surface area (Å²) in [7, 11) is 4.50. The Morgan fingerprint density at radius 2 is 1.50 bits per heavy atom. The predicted molar refractivity (Wildman–Crippen MR) is 209 cm³/mol. The molecule has 2 rings (SSSR count). The second-order valence-electron chi connectivity index (χ2n) is 12.8. The van der Waals surface area contributed by atoms with Crippen LogP contribution in [0.25, 0.3) is 5.32 Å². The summed E-state index contributed by atoms with van der Waals surface area (Å²) in [5.74, 6) is -1.19. The fourth-order valence-electron chi connectivity index (χ4n) is 3.51. The summed E-state index contributed by atoms with van der Waals surface area (Å²) in [4.78, 5) is 67.0. The van der Waals surface area contributed by atoms with Gasteiger partial charge in [-0.2, -0.15) is 7.05 Å². The van der Waals surface area contributed by atoms with E-state index in [4.69, 9.17) is 10.2 Å². The van der Waals surface area contributed by atoms with Gasteiger partial charge >= 0.3 is 35.5 Å². The number of hydrogen-bond acceptors (Lipinski definition) is 9. The topological polar surface area (TPSA) is 217 Å². The third-order valence-corrected chi connectivity index (χ3v) is 5.77. The number of phenols is 1. The van der Waals surface area contributed by atoms with Gasteiger partial charge in [0.1, 0.15) is 24.6 Å². The minimum Gasteiger partial charge on any atom is -0.657 e. The Bertz CT molecular complexity index is 1060. The van der Waals surface area contributed by atoms with Crippen molar-refractivity contribution in [3.05, 3.63) is 35.1 Å². The van der Waals surface area contributed by atoms with Crippen LogP contribution in [0.5, 0.6) is 5.75 Å². The molecule has 0 bridgehead atoms. The molecular weight excluding hydrogens is 931 g/mol. The van der Waals surface area contributed by atoms with Gasteiger partial charge < -0.3 is 51.1 Å². The minimum absolute atomic E-state index is 0. The SMILES string of the molecule is CC.CC(C)(C)C(NC(=O)CCc1ccc(O)cc1)C(=O)NCC(=O)O.CC(C)C.CCC.CN1CCCC1[C-]=O.CO.C[N-]CC(=O)NCC=O.[Na+].[U]. The van der Waals surface area contributed by atoms with Gasteiger partial charge in [0.15, 0.2) is 5.91 Å². The van der Waals surface area contributed by atoms with Crippen LogP contribution in [0.2, 0.25) is 0 Å². The van der Waals surface area contributed by atoms with E-state index in [0.29, 0.717) is 12.7 Å². The molecule has 16 heteroatoms. The number of rotatable bonds is 12. The molecule has 1 aromatic rings. The first kappa shape index (κ1) is 67.0. The number of carboxylic acids is 1. The van der Waals surface area contributed by atoms with Crippen molar-refractivity contribution in [2.45, 2.75) is 113 Å². The molecule has 0 spiro atoms. The third-order valence-electron chi connectivity index (χ3n) is 5.77. The number of nitrogens with zero attached hydrogens (tertiary/aromatic N) is 2. The van der Waals surface area contributed by atoms with E-state index in [1.165, 1.54) is 6.42 Å². The van der Waals surface area contributed by atoms with Gasteiger partial charge in [-0.05, 0) is 55.5 Å². The average molecular weight is 1000 g/mol. The number of nitrogens with one attached hydrogen (secondary N) is 3. The first-order chi connectivity index (χ1) is 24.4. The van der Waals surface area contributed by atoms with Gasteiger partial charge in [-0.15, -0.1) is 0 Å². The van der Waals surface area contributed by atoms with Crippen molar-refractivity contribution >= 4 is 36.3 Å². The van der Waals surface area contributed by atoms with Crippen LogP contribution < -0.4 is 45.5 Å². The molecular formula is C38H71N5NaO9U-. The summed E-state index contributed by atoms with van der Waals surface area (Å²) < 4.78 is 0. The van der Waals surface area contributed by atoms with Crippen molar-refractivity contribution in [1.82, 2.24) is 20.9 Å². The maximum Gasteiger partial charge on any atom is 1.00 e. The Kier molecular flexibility index (Phi) is 56.5. The number of benzene rings is 1. The Morgan fingerprint density at radius 3 is 1.83 bits per heavy atom. The van der Waals surface area contributed by atoms with Crippen LogP contribution in [0.1, 0.15) is 100 Å². The summed E-state index contributed by atoms with van der Waals surface area (Å²) in [5, 5.41) is 35.7. The van der Waals surface area contributed by atoms with Crippen LogP contribution in [0.4, 0.5) is 0 Å². The van der Waals surface area contributed by atoms with Crippen LogP contribution in [0, 0.1) is 42.4 Å². The van der Waals surface area contributed by atoms with Crippen LogP contribution >= 0.6 is 0 Å². The molecule has 1 fully saturated rings. The molecule has 14 nitrogen and oxygen atoms in total. The van der Waals surface area contributed by atoms with Crippen molar-refractivity contribution < 1.29 is 105 Å². The van der Waals surface area contributed by atoms with Gasteiger partial charge in [-0.1, -0.05) is 107 Å². The van der Waals surface area contributed by atoms with Crippen LogP contribution in [-0.4, -0.2) is 116 Å². The number of aliphatic carboxylic acids is 1. The number of aryl methyl sites for hydroxylation is 1. The number of aliphatic hydroxyl groups is 1. The summed E-state index contributed by atoms with van der Waals surface area (Å²) >= 11 is 0. The maximum atomic E-state index is 12.1. The summed E-state index contributed by atoms with van der Waals surface area (Å²) in [6, 6.07) is 5.81. The number of aldehydes is 1. The van der Waals surface area contributed by atoms with E-state index in [1.807, 2.05) is 32.1 Å². The molecule has 1 aliphatic heterocycles. The standard InChI is InChI=1S/C17H24N2O5.C6H10NO.C5H9N2O2.C4H10.C3H8.C2H6.CH4O.Na.U/c1-17(2,3)15(16(24)18-10-14(22)23)19-13(21)9-6-11-4-7-12(20)8-5-11;1-7-4-2-3-6(7)5-8;1-6-4-5(9)7-2-3-8;1-4(2)3;1-3-2;2*1-2;;/h4-5,7-8,15,20H,6,9-10H2,1-3H3,(H,18,24)(H,19,21)(H,22,23);6H,2-4H2,1H3;3H,2,4H2,1H3,(H,7,9);4H,1-3H3;3H2,1-2H3;1-2H3;2H,1H3;;/q;2*-1;;;;;+1;. The van der Waals surface area contributed by atoms with Crippen molar-refractivity contribution in [3.8, 4) is 5.75 Å². The molecule has 0 radical (unpaired) electrons. The number of carbonyl (C=O) groups excluding carboxylic acids is 5. The van der Waals surface area contributed by atoms with Crippen molar-refractivity contribution in [2.75, 3.05) is 47.4 Å². The van der Waals surface area contributed by atoms with Gasteiger partial charge in [0.2, 0.25) is 11.8 Å². The molecule has 0 aromatic heterocycles. The number of hydrogen-bond donors (Lipinski definition) is 6. The van der Waals surface area contributed by atoms with E-state index in [9.17, 15) is 33.9 Å². The van der Waals surface area contributed by atoms with E-state index in [1.54, 1.807) is 52.1 Å². The summed E-state index contributed by atoms with van der Waals surface area (Å²) in [6.07, 6.45) is 6.68. The zero-order valence-electron chi connectivity index (χ0n) is 35.7. The number of carboxylic acid groups (broad SMARTS) is 1. The van der Waals surface area contributed by atoms with Gasteiger partial charge in [-0.3, -0.25) is 19.2 Å². The molecule has 0 aliphatic carbocycles. The first-order valence-electron chi connectivity index (χ1n) is 17.7. The van der Waals surface area contributed by atoms with Crippen LogP contribution in [0.15, 0.2) is 24.3 Å². The Balaban J connectivity index is -0.000000121.